The van der Waals surface area contributed by atoms with Crippen LogP contribution in [0.4, 0.5) is 0 Å². The summed E-state index contributed by atoms with van der Waals surface area (Å²) in [7, 11) is 1.98. The summed E-state index contributed by atoms with van der Waals surface area (Å²) in [5.74, 6) is 0. The van der Waals surface area contributed by atoms with Gasteiger partial charge in [0.15, 0.2) is 0 Å². The lowest BCUT2D eigenvalue weighted by Crippen LogP contribution is -2.18. The lowest BCUT2D eigenvalue weighted by molar-refractivity contribution is 0.681. The second kappa shape index (κ2) is 4.76. The third-order valence-electron chi connectivity index (χ3n) is 2.94. The van der Waals surface area contributed by atoms with Crippen molar-refractivity contribution in [2.45, 2.75) is 19.9 Å². The Morgan fingerprint density at radius 2 is 2.12 bits per heavy atom. The van der Waals surface area contributed by atoms with E-state index in [2.05, 4.69) is 42.3 Å². The molecule has 0 saturated heterocycles. The Balaban J connectivity index is 2.45. The van der Waals surface area contributed by atoms with Crippen LogP contribution in [0, 0.1) is 13.8 Å². The highest BCUT2D eigenvalue weighted by molar-refractivity contribution is 7.09. The first kappa shape index (κ1) is 11.3. The number of hydrogen-bond acceptors (Lipinski definition) is 3. The average molecular weight is 232 g/mol. The summed E-state index contributed by atoms with van der Waals surface area (Å²) in [6.07, 6.45) is 1.86. The molecule has 0 amide bonds. The van der Waals surface area contributed by atoms with Crippen molar-refractivity contribution in [2.24, 2.45) is 0 Å². The van der Waals surface area contributed by atoms with E-state index in [1.807, 2.05) is 18.6 Å². The van der Waals surface area contributed by atoms with Gasteiger partial charge in [-0.15, -0.1) is 11.3 Å². The maximum absolute atomic E-state index is 4.39. The number of nitrogens with zero attached hydrogens (tertiary/aromatic N) is 1. The van der Waals surface area contributed by atoms with Crippen molar-refractivity contribution in [1.29, 1.82) is 0 Å². The number of benzene rings is 1. The summed E-state index contributed by atoms with van der Waals surface area (Å²) in [6, 6.07) is 6.63. The predicted molar refractivity (Wildman–Crippen MR) is 68.9 cm³/mol. The van der Waals surface area contributed by atoms with Crippen LogP contribution >= 0.6 is 11.3 Å². The average Bonchev–Trinajstić information content (AvgIpc) is 2.79. The van der Waals surface area contributed by atoms with E-state index in [1.165, 1.54) is 16.7 Å². The molecule has 1 N–H and O–H groups in total. The SMILES string of the molecule is CNC(c1nccs1)c1cccc(C)c1C. The molecule has 1 aromatic carbocycles. The smallest absolute Gasteiger partial charge is 0.114 e. The highest BCUT2D eigenvalue weighted by Gasteiger charge is 2.16. The maximum Gasteiger partial charge on any atom is 0.114 e. The van der Waals surface area contributed by atoms with Gasteiger partial charge in [0.05, 0.1) is 6.04 Å². The first-order chi connectivity index (χ1) is 7.74. The van der Waals surface area contributed by atoms with E-state index in [9.17, 15) is 0 Å². The number of aryl methyl sites for hydroxylation is 1. The molecule has 0 aliphatic heterocycles. The van der Waals surface area contributed by atoms with Crippen molar-refractivity contribution in [3.63, 3.8) is 0 Å². The van der Waals surface area contributed by atoms with Gasteiger partial charge in [0.2, 0.25) is 0 Å². The summed E-state index contributed by atoms with van der Waals surface area (Å²) in [6.45, 7) is 4.32. The molecule has 0 saturated carbocycles. The van der Waals surface area contributed by atoms with Crippen LogP contribution in [0.25, 0.3) is 0 Å². The molecule has 2 rings (SSSR count). The van der Waals surface area contributed by atoms with E-state index in [0.29, 0.717) is 0 Å². The molecular weight excluding hydrogens is 216 g/mol. The Bertz CT molecular complexity index is 463. The van der Waals surface area contributed by atoms with Crippen molar-refractivity contribution in [3.8, 4) is 0 Å². The Morgan fingerprint density at radius 1 is 1.31 bits per heavy atom. The molecule has 2 aromatic rings. The zero-order valence-electron chi connectivity index (χ0n) is 9.82. The molecule has 2 nitrogen and oxygen atoms in total. The standard InChI is InChI=1S/C13H16N2S/c1-9-5-4-6-11(10(9)2)12(14-3)13-15-7-8-16-13/h4-8,12,14H,1-3H3. The van der Waals surface area contributed by atoms with E-state index in [1.54, 1.807) is 11.3 Å². The van der Waals surface area contributed by atoms with Crippen molar-refractivity contribution in [1.82, 2.24) is 10.3 Å². The minimum Gasteiger partial charge on any atom is -0.307 e. The summed E-state index contributed by atoms with van der Waals surface area (Å²) in [4.78, 5) is 4.39. The monoisotopic (exact) mass is 232 g/mol. The predicted octanol–water partition coefficient (Wildman–Crippen LogP) is 3.07. The van der Waals surface area contributed by atoms with Crippen LogP contribution in [0.1, 0.15) is 27.7 Å². The van der Waals surface area contributed by atoms with E-state index < -0.39 is 0 Å². The normalized spacial score (nSPS) is 12.7. The molecule has 0 spiro atoms. The van der Waals surface area contributed by atoms with Gasteiger partial charge in [0.1, 0.15) is 5.01 Å². The molecule has 3 heteroatoms. The Morgan fingerprint density at radius 3 is 2.75 bits per heavy atom. The third kappa shape index (κ3) is 2.01. The molecule has 0 aliphatic rings. The van der Waals surface area contributed by atoms with Crippen molar-refractivity contribution < 1.29 is 0 Å². The second-order valence-corrected chi connectivity index (χ2v) is 4.81. The van der Waals surface area contributed by atoms with Gasteiger partial charge in [-0.3, -0.25) is 0 Å². The minimum atomic E-state index is 0.208. The van der Waals surface area contributed by atoms with Crippen LogP contribution in [-0.4, -0.2) is 12.0 Å². The maximum atomic E-state index is 4.39. The van der Waals surface area contributed by atoms with E-state index in [4.69, 9.17) is 0 Å². The molecular formula is C13H16N2S. The first-order valence-electron chi connectivity index (χ1n) is 5.37. The lowest BCUT2D eigenvalue weighted by atomic mass is 9.98. The fourth-order valence-electron chi connectivity index (χ4n) is 1.88. The summed E-state index contributed by atoms with van der Waals surface area (Å²) < 4.78 is 0. The molecule has 0 bridgehead atoms. The Labute approximate surface area is 100 Å². The quantitative estimate of drug-likeness (QED) is 0.879. The molecule has 1 unspecified atom stereocenters. The van der Waals surface area contributed by atoms with Gasteiger partial charge >= 0.3 is 0 Å². The van der Waals surface area contributed by atoms with E-state index in [-0.39, 0.29) is 6.04 Å². The van der Waals surface area contributed by atoms with Gasteiger partial charge in [-0.2, -0.15) is 0 Å². The highest BCUT2D eigenvalue weighted by atomic mass is 32.1. The van der Waals surface area contributed by atoms with Gasteiger partial charge in [0.25, 0.3) is 0 Å². The van der Waals surface area contributed by atoms with Gasteiger partial charge in [-0.05, 0) is 37.6 Å². The highest BCUT2D eigenvalue weighted by Crippen LogP contribution is 2.27. The van der Waals surface area contributed by atoms with Gasteiger partial charge in [0, 0.05) is 11.6 Å². The number of rotatable bonds is 3. The lowest BCUT2D eigenvalue weighted by Gasteiger charge is -2.17. The Hall–Kier alpha value is -1.19. The fourth-order valence-corrected chi connectivity index (χ4v) is 2.64. The van der Waals surface area contributed by atoms with Crippen LogP contribution in [-0.2, 0) is 0 Å². The Kier molecular flexibility index (Phi) is 3.36. The first-order valence-corrected chi connectivity index (χ1v) is 6.24. The number of aromatic nitrogens is 1. The number of thiazole rings is 1. The van der Waals surface area contributed by atoms with Crippen LogP contribution in [0.5, 0.6) is 0 Å². The summed E-state index contributed by atoms with van der Waals surface area (Å²) in [5.41, 5.74) is 3.99. The van der Waals surface area contributed by atoms with Crippen LogP contribution < -0.4 is 5.32 Å². The second-order valence-electron chi connectivity index (χ2n) is 3.88. The topological polar surface area (TPSA) is 24.9 Å². The van der Waals surface area contributed by atoms with Crippen molar-refractivity contribution in [3.05, 3.63) is 51.5 Å². The van der Waals surface area contributed by atoms with E-state index in [0.717, 1.165) is 5.01 Å². The molecule has 84 valence electrons. The van der Waals surface area contributed by atoms with Crippen LogP contribution in [0.3, 0.4) is 0 Å². The third-order valence-corrected chi connectivity index (χ3v) is 3.78. The van der Waals surface area contributed by atoms with E-state index >= 15 is 0 Å². The van der Waals surface area contributed by atoms with Crippen molar-refractivity contribution in [2.75, 3.05) is 7.05 Å². The largest absolute Gasteiger partial charge is 0.307 e. The molecule has 16 heavy (non-hydrogen) atoms. The van der Waals surface area contributed by atoms with Crippen LogP contribution in [0.2, 0.25) is 0 Å². The molecule has 1 heterocycles. The van der Waals surface area contributed by atoms with Gasteiger partial charge in [-0.1, -0.05) is 18.2 Å². The molecule has 0 fully saturated rings. The molecule has 0 aliphatic carbocycles. The van der Waals surface area contributed by atoms with Gasteiger partial charge in [-0.25, -0.2) is 4.98 Å². The fraction of sp³-hybridized carbons (Fsp3) is 0.308. The zero-order chi connectivity index (χ0) is 11.5. The van der Waals surface area contributed by atoms with Crippen molar-refractivity contribution >= 4 is 11.3 Å². The summed E-state index contributed by atoms with van der Waals surface area (Å²) in [5, 5.41) is 6.48. The molecule has 1 atom stereocenters. The number of nitrogens with one attached hydrogen (secondary N) is 1. The van der Waals surface area contributed by atoms with Gasteiger partial charge < -0.3 is 5.32 Å². The summed E-state index contributed by atoms with van der Waals surface area (Å²) >= 11 is 1.69. The zero-order valence-corrected chi connectivity index (χ0v) is 10.6. The van der Waals surface area contributed by atoms with Crippen LogP contribution in [0.15, 0.2) is 29.8 Å². The number of hydrogen-bond donors (Lipinski definition) is 1. The minimum absolute atomic E-state index is 0.208. The molecule has 0 radical (unpaired) electrons. The molecule has 1 aromatic heterocycles.